The molecule has 0 N–H and O–H groups in total. The molecule has 2 aromatic rings. The molecule has 1 aromatic carbocycles. The van der Waals surface area contributed by atoms with Crippen molar-refractivity contribution in [1.29, 1.82) is 0 Å². The largest absolute Gasteiger partial charge is 0.496 e. The third kappa shape index (κ3) is 1.35. The highest BCUT2D eigenvalue weighted by Gasteiger charge is 2.06. The van der Waals surface area contributed by atoms with Gasteiger partial charge in [-0.3, -0.25) is 4.68 Å². The summed E-state index contributed by atoms with van der Waals surface area (Å²) < 4.78 is 7.22. The van der Waals surface area contributed by atoms with Crippen molar-refractivity contribution in [1.82, 2.24) is 9.78 Å². The lowest BCUT2D eigenvalue weighted by molar-refractivity contribution is 0.419. The van der Waals surface area contributed by atoms with Crippen molar-refractivity contribution >= 4 is 10.9 Å². The first kappa shape index (κ1) is 9.06. The maximum Gasteiger partial charge on any atom is 0.129 e. The predicted octanol–water partition coefficient (Wildman–Crippen LogP) is 2.63. The van der Waals surface area contributed by atoms with E-state index in [2.05, 4.69) is 18.9 Å². The summed E-state index contributed by atoms with van der Waals surface area (Å²) in [5.74, 6) is 0.884. The number of fused-ring (bicyclic) bond motifs is 1. The highest BCUT2D eigenvalue weighted by Crippen LogP contribution is 2.25. The molecule has 0 saturated heterocycles. The maximum atomic E-state index is 5.27. The summed E-state index contributed by atoms with van der Waals surface area (Å²) in [4.78, 5) is 0. The molecule has 74 valence electrons. The highest BCUT2D eigenvalue weighted by molar-refractivity contribution is 5.84. The second-order valence-electron chi connectivity index (χ2n) is 3.60. The SMILES string of the molecule is COc1cccc2nn(C(C)C)cc12. The first-order valence-corrected chi connectivity index (χ1v) is 4.74. The van der Waals surface area contributed by atoms with Crippen LogP contribution in [0.1, 0.15) is 19.9 Å². The average molecular weight is 190 g/mol. The van der Waals surface area contributed by atoms with E-state index < -0.39 is 0 Å². The molecule has 1 heterocycles. The van der Waals surface area contributed by atoms with E-state index in [0.717, 1.165) is 16.7 Å². The molecule has 0 fully saturated rings. The maximum absolute atomic E-state index is 5.27. The van der Waals surface area contributed by atoms with Crippen LogP contribution in [0.4, 0.5) is 0 Å². The Bertz CT molecular complexity index is 445. The van der Waals surface area contributed by atoms with Gasteiger partial charge in [0.1, 0.15) is 5.75 Å². The Balaban J connectivity index is 2.64. The Hall–Kier alpha value is -1.51. The average Bonchev–Trinajstić information content (AvgIpc) is 2.60. The molecule has 0 bridgehead atoms. The second-order valence-corrected chi connectivity index (χ2v) is 3.60. The molecule has 3 heteroatoms. The molecular weight excluding hydrogens is 176 g/mol. The number of hydrogen-bond donors (Lipinski definition) is 0. The Morgan fingerprint density at radius 2 is 2.14 bits per heavy atom. The van der Waals surface area contributed by atoms with Gasteiger partial charge in [0.25, 0.3) is 0 Å². The van der Waals surface area contributed by atoms with Crippen LogP contribution in [0, 0.1) is 0 Å². The van der Waals surface area contributed by atoms with Crippen LogP contribution in [0.25, 0.3) is 10.9 Å². The number of benzene rings is 1. The quantitative estimate of drug-likeness (QED) is 0.727. The van der Waals surface area contributed by atoms with Crippen LogP contribution in [-0.2, 0) is 0 Å². The summed E-state index contributed by atoms with van der Waals surface area (Å²) in [5, 5.41) is 5.53. The Morgan fingerprint density at radius 3 is 2.79 bits per heavy atom. The van der Waals surface area contributed by atoms with Crippen LogP contribution >= 0.6 is 0 Å². The number of aromatic nitrogens is 2. The van der Waals surface area contributed by atoms with Crippen LogP contribution in [0.15, 0.2) is 24.4 Å². The minimum absolute atomic E-state index is 0.382. The summed E-state index contributed by atoms with van der Waals surface area (Å²) in [6, 6.07) is 6.29. The van der Waals surface area contributed by atoms with Crippen LogP contribution in [0.3, 0.4) is 0 Å². The number of ether oxygens (including phenoxy) is 1. The minimum atomic E-state index is 0.382. The first-order valence-electron chi connectivity index (χ1n) is 4.74. The van der Waals surface area contributed by atoms with Crippen LogP contribution in [0.5, 0.6) is 5.75 Å². The van der Waals surface area contributed by atoms with Gasteiger partial charge in [0, 0.05) is 12.2 Å². The van der Waals surface area contributed by atoms with Crippen molar-refractivity contribution in [3.8, 4) is 5.75 Å². The normalized spacial score (nSPS) is 11.1. The van der Waals surface area contributed by atoms with E-state index in [9.17, 15) is 0 Å². The van der Waals surface area contributed by atoms with Crippen molar-refractivity contribution in [2.45, 2.75) is 19.9 Å². The third-order valence-corrected chi connectivity index (χ3v) is 2.28. The van der Waals surface area contributed by atoms with E-state index in [1.165, 1.54) is 0 Å². The van der Waals surface area contributed by atoms with Crippen LogP contribution < -0.4 is 4.74 Å². The van der Waals surface area contributed by atoms with Gasteiger partial charge in [0.2, 0.25) is 0 Å². The molecule has 2 rings (SSSR count). The lowest BCUT2D eigenvalue weighted by atomic mass is 10.2. The van der Waals surface area contributed by atoms with E-state index in [0.29, 0.717) is 6.04 Å². The van der Waals surface area contributed by atoms with Gasteiger partial charge in [-0.15, -0.1) is 0 Å². The lowest BCUT2D eigenvalue weighted by Crippen LogP contribution is -1.99. The predicted molar refractivity (Wildman–Crippen MR) is 56.7 cm³/mol. The molecule has 14 heavy (non-hydrogen) atoms. The van der Waals surface area contributed by atoms with Crippen LogP contribution in [-0.4, -0.2) is 16.9 Å². The van der Waals surface area contributed by atoms with E-state index >= 15 is 0 Å². The molecule has 0 unspecified atom stereocenters. The van der Waals surface area contributed by atoms with Gasteiger partial charge in [0.05, 0.1) is 18.0 Å². The van der Waals surface area contributed by atoms with Gasteiger partial charge in [-0.05, 0) is 26.0 Å². The van der Waals surface area contributed by atoms with Gasteiger partial charge >= 0.3 is 0 Å². The van der Waals surface area contributed by atoms with Crippen molar-refractivity contribution in [3.05, 3.63) is 24.4 Å². The van der Waals surface area contributed by atoms with Crippen LogP contribution in [0.2, 0.25) is 0 Å². The van der Waals surface area contributed by atoms with E-state index in [-0.39, 0.29) is 0 Å². The first-order chi connectivity index (χ1) is 6.72. The summed E-state index contributed by atoms with van der Waals surface area (Å²) in [6.07, 6.45) is 2.03. The van der Waals surface area contributed by atoms with Gasteiger partial charge in [-0.25, -0.2) is 0 Å². The molecule has 3 nitrogen and oxygen atoms in total. The number of nitrogens with zero attached hydrogens (tertiary/aromatic N) is 2. The molecule has 0 radical (unpaired) electrons. The molecule has 1 aromatic heterocycles. The number of hydrogen-bond acceptors (Lipinski definition) is 2. The summed E-state index contributed by atoms with van der Waals surface area (Å²) in [5.41, 5.74) is 0.984. The Kier molecular flexibility index (Phi) is 2.15. The van der Waals surface area contributed by atoms with Crippen molar-refractivity contribution < 1.29 is 4.74 Å². The molecular formula is C11H14N2O. The molecule has 0 aliphatic carbocycles. The Labute approximate surface area is 83.3 Å². The summed E-state index contributed by atoms with van der Waals surface area (Å²) in [7, 11) is 1.68. The zero-order valence-corrected chi connectivity index (χ0v) is 8.69. The second kappa shape index (κ2) is 3.33. The molecule has 0 aliphatic rings. The standard InChI is InChI=1S/C11H14N2O/c1-8(2)13-7-9-10(12-13)5-4-6-11(9)14-3/h4-8H,1-3H3. The fraction of sp³-hybridized carbons (Fsp3) is 0.364. The van der Waals surface area contributed by atoms with Gasteiger partial charge < -0.3 is 4.74 Å². The molecule has 0 saturated carbocycles. The monoisotopic (exact) mass is 190 g/mol. The molecule has 0 atom stereocenters. The van der Waals surface area contributed by atoms with E-state index in [4.69, 9.17) is 4.74 Å². The number of methoxy groups -OCH3 is 1. The number of rotatable bonds is 2. The zero-order chi connectivity index (χ0) is 10.1. The third-order valence-electron chi connectivity index (χ3n) is 2.28. The smallest absolute Gasteiger partial charge is 0.129 e. The lowest BCUT2D eigenvalue weighted by Gasteiger charge is -2.02. The Morgan fingerprint density at radius 1 is 1.36 bits per heavy atom. The van der Waals surface area contributed by atoms with Gasteiger partial charge in [-0.1, -0.05) is 6.07 Å². The van der Waals surface area contributed by atoms with E-state index in [1.807, 2.05) is 29.1 Å². The summed E-state index contributed by atoms with van der Waals surface area (Å²) in [6.45, 7) is 4.22. The fourth-order valence-electron chi connectivity index (χ4n) is 1.48. The molecule has 0 aliphatic heterocycles. The van der Waals surface area contributed by atoms with E-state index in [1.54, 1.807) is 7.11 Å². The van der Waals surface area contributed by atoms with Crippen molar-refractivity contribution in [3.63, 3.8) is 0 Å². The van der Waals surface area contributed by atoms with Crippen molar-refractivity contribution in [2.75, 3.05) is 7.11 Å². The zero-order valence-electron chi connectivity index (χ0n) is 8.69. The fourth-order valence-corrected chi connectivity index (χ4v) is 1.48. The van der Waals surface area contributed by atoms with Gasteiger partial charge in [0.15, 0.2) is 0 Å². The topological polar surface area (TPSA) is 27.1 Å². The highest BCUT2D eigenvalue weighted by atomic mass is 16.5. The summed E-state index contributed by atoms with van der Waals surface area (Å²) >= 11 is 0. The minimum Gasteiger partial charge on any atom is -0.496 e. The molecule has 0 amide bonds. The van der Waals surface area contributed by atoms with Gasteiger partial charge in [-0.2, -0.15) is 5.10 Å². The molecule has 0 spiro atoms. The van der Waals surface area contributed by atoms with Crippen molar-refractivity contribution in [2.24, 2.45) is 0 Å².